The third kappa shape index (κ3) is 2.54. The van der Waals surface area contributed by atoms with Crippen LogP contribution in [0.25, 0.3) is 0 Å². The molecule has 0 aromatic heterocycles. The van der Waals surface area contributed by atoms with Crippen LogP contribution in [0.4, 0.5) is 0 Å². The fourth-order valence-electron chi connectivity index (χ4n) is 2.28. The van der Waals surface area contributed by atoms with Crippen molar-refractivity contribution >= 4 is 5.78 Å². The van der Waals surface area contributed by atoms with E-state index in [2.05, 4.69) is 17.9 Å². The Morgan fingerprint density at radius 3 is 2.69 bits per heavy atom. The molecule has 0 saturated heterocycles. The van der Waals surface area contributed by atoms with Gasteiger partial charge in [0.25, 0.3) is 0 Å². The number of hydrogen-bond acceptors (Lipinski definition) is 2. The largest absolute Gasteiger partial charge is 0.371 e. The molecule has 1 fully saturated rings. The van der Waals surface area contributed by atoms with E-state index in [0.717, 1.165) is 31.3 Å². The summed E-state index contributed by atoms with van der Waals surface area (Å²) in [5, 5.41) is 10.1. The number of carbonyl (C=O) groups excluding carboxylic acids is 1. The fraction of sp³-hybridized carbons (Fsp3) is 0.643. The summed E-state index contributed by atoms with van der Waals surface area (Å²) < 4.78 is 0. The molecular weight excluding hydrogens is 200 g/mol. The molecule has 1 atom stereocenters. The maximum Gasteiger partial charge on any atom is 0.184 e. The first-order chi connectivity index (χ1) is 7.71. The summed E-state index contributed by atoms with van der Waals surface area (Å²) >= 11 is 0. The number of ketones is 1. The molecule has 0 heterocycles. The van der Waals surface area contributed by atoms with E-state index in [-0.39, 0.29) is 5.78 Å². The molecule has 1 saturated carbocycles. The van der Waals surface area contributed by atoms with Crippen LogP contribution in [0.15, 0.2) is 11.6 Å². The van der Waals surface area contributed by atoms with Gasteiger partial charge in [-0.3, -0.25) is 4.79 Å². The van der Waals surface area contributed by atoms with Crippen molar-refractivity contribution < 1.29 is 9.90 Å². The lowest BCUT2D eigenvalue weighted by Crippen LogP contribution is -2.39. The van der Waals surface area contributed by atoms with Crippen LogP contribution in [0.5, 0.6) is 0 Å². The molecule has 0 aromatic carbocycles. The minimum Gasteiger partial charge on any atom is -0.371 e. The third-order valence-electron chi connectivity index (χ3n) is 3.37. The second kappa shape index (κ2) is 4.84. The maximum atomic E-state index is 11.6. The summed E-state index contributed by atoms with van der Waals surface area (Å²) in [4.78, 5) is 11.6. The zero-order valence-corrected chi connectivity index (χ0v) is 9.59. The number of hydrogen-bond donors (Lipinski definition) is 1. The molecule has 2 rings (SSSR count). The fourth-order valence-corrected chi connectivity index (χ4v) is 2.28. The number of allylic oxidation sites excluding steroid dienone is 2. The molecule has 16 heavy (non-hydrogen) atoms. The monoisotopic (exact) mass is 218 g/mol. The van der Waals surface area contributed by atoms with Crippen molar-refractivity contribution in [2.75, 3.05) is 0 Å². The highest BCUT2D eigenvalue weighted by Crippen LogP contribution is 2.25. The first kappa shape index (κ1) is 11.4. The summed E-state index contributed by atoms with van der Waals surface area (Å²) in [7, 11) is 0. The van der Waals surface area contributed by atoms with Crippen LogP contribution in [0.3, 0.4) is 0 Å². The average Bonchev–Trinajstić information content (AvgIpc) is 2.32. The molecule has 0 spiro atoms. The van der Waals surface area contributed by atoms with Crippen molar-refractivity contribution in [3.05, 3.63) is 11.6 Å². The maximum absolute atomic E-state index is 11.6. The molecule has 0 aromatic rings. The lowest BCUT2D eigenvalue weighted by molar-refractivity contribution is -0.134. The molecule has 0 radical (unpaired) electrons. The summed E-state index contributed by atoms with van der Waals surface area (Å²) in [6.45, 7) is 0. The van der Waals surface area contributed by atoms with Gasteiger partial charge in [0.15, 0.2) is 11.4 Å². The van der Waals surface area contributed by atoms with Crippen LogP contribution in [0, 0.1) is 11.8 Å². The van der Waals surface area contributed by atoms with Crippen LogP contribution < -0.4 is 0 Å². The SMILES string of the molecule is O=C1CCCCC1(O)C#CC1=CCCCC1. The Morgan fingerprint density at radius 2 is 2.00 bits per heavy atom. The molecule has 86 valence electrons. The van der Waals surface area contributed by atoms with Crippen LogP contribution in [-0.4, -0.2) is 16.5 Å². The average molecular weight is 218 g/mol. The van der Waals surface area contributed by atoms with Gasteiger partial charge < -0.3 is 5.11 Å². The van der Waals surface area contributed by atoms with E-state index in [1.165, 1.54) is 12.8 Å². The highest BCUT2D eigenvalue weighted by molar-refractivity contribution is 5.91. The summed E-state index contributed by atoms with van der Waals surface area (Å²) in [6.07, 6.45) is 9.39. The minimum absolute atomic E-state index is 0.0948. The molecule has 2 aliphatic carbocycles. The topological polar surface area (TPSA) is 37.3 Å². The Kier molecular flexibility index (Phi) is 3.46. The van der Waals surface area contributed by atoms with Gasteiger partial charge in [-0.05, 0) is 50.5 Å². The van der Waals surface area contributed by atoms with Crippen molar-refractivity contribution in [3.8, 4) is 11.8 Å². The zero-order chi connectivity index (χ0) is 11.4. The Bertz CT molecular complexity index is 370. The van der Waals surface area contributed by atoms with E-state index in [1.54, 1.807) is 0 Å². The van der Waals surface area contributed by atoms with Crippen LogP contribution >= 0.6 is 0 Å². The van der Waals surface area contributed by atoms with Gasteiger partial charge in [0.2, 0.25) is 0 Å². The quantitative estimate of drug-likeness (QED) is 0.634. The minimum atomic E-state index is -1.35. The van der Waals surface area contributed by atoms with E-state index >= 15 is 0 Å². The molecule has 1 N–H and O–H groups in total. The van der Waals surface area contributed by atoms with Gasteiger partial charge in [-0.2, -0.15) is 0 Å². The van der Waals surface area contributed by atoms with Crippen molar-refractivity contribution in [3.63, 3.8) is 0 Å². The predicted octanol–water partition coefficient (Wildman–Crippen LogP) is 2.36. The highest BCUT2D eigenvalue weighted by Gasteiger charge is 2.35. The summed E-state index contributed by atoms with van der Waals surface area (Å²) in [6, 6.07) is 0. The summed E-state index contributed by atoms with van der Waals surface area (Å²) in [5.41, 5.74) is -0.255. The lowest BCUT2D eigenvalue weighted by atomic mass is 9.84. The van der Waals surface area contributed by atoms with Crippen LogP contribution in [0.1, 0.15) is 51.4 Å². The van der Waals surface area contributed by atoms with Gasteiger partial charge in [-0.1, -0.05) is 17.9 Å². The van der Waals surface area contributed by atoms with E-state index in [1.807, 2.05) is 0 Å². The number of rotatable bonds is 0. The van der Waals surface area contributed by atoms with Gasteiger partial charge in [-0.15, -0.1) is 0 Å². The van der Waals surface area contributed by atoms with Gasteiger partial charge in [0.05, 0.1) is 0 Å². The second-order valence-corrected chi connectivity index (χ2v) is 4.72. The highest BCUT2D eigenvalue weighted by atomic mass is 16.3. The number of Topliss-reactive ketones (excluding diaryl/α,β-unsaturated/α-hetero) is 1. The molecule has 2 aliphatic rings. The Labute approximate surface area is 96.7 Å². The number of carbonyl (C=O) groups is 1. The van der Waals surface area contributed by atoms with Gasteiger partial charge >= 0.3 is 0 Å². The molecule has 0 amide bonds. The Morgan fingerprint density at radius 1 is 1.19 bits per heavy atom. The first-order valence-electron chi connectivity index (χ1n) is 6.19. The molecule has 2 heteroatoms. The number of aliphatic hydroxyl groups is 1. The van der Waals surface area contributed by atoms with Crippen molar-refractivity contribution in [1.82, 2.24) is 0 Å². The van der Waals surface area contributed by atoms with Crippen molar-refractivity contribution in [2.45, 2.75) is 57.0 Å². The molecule has 2 nitrogen and oxygen atoms in total. The van der Waals surface area contributed by atoms with Gasteiger partial charge in [-0.25, -0.2) is 0 Å². The van der Waals surface area contributed by atoms with Gasteiger partial charge in [0, 0.05) is 6.42 Å². The van der Waals surface area contributed by atoms with E-state index in [4.69, 9.17) is 0 Å². The van der Waals surface area contributed by atoms with Crippen LogP contribution in [0.2, 0.25) is 0 Å². The second-order valence-electron chi connectivity index (χ2n) is 4.72. The molecular formula is C14H18O2. The van der Waals surface area contributed by atoms with E-state index < -0.39 is 5.60 Å². The van der Waals surface area contributed by atoms with Crippen molar-refractivity contribution in [1.29, 1.82) is 0 Å². The molecule has 0 bridgehead atoms. The predicted molar refractivity (Wildman–Crippen MR) is 62.8 cm³/mol. The lowest BCUT2D eigenvalue weighted by Gasteiger charge is -2.25. The smallest absolute Gasteiger partial charge is 0.184 e. The Hall–Kier alpha value is -1.07. The first-order valence-corrected chi connectivity index (χ1v) is 6.19. The third-order valence-corrected chi connectivity index (χ3v) is 3.37. The van der Waals surface area contributed by atoms with Crippen LogP contribution in [-0.2, 0) is 4.79 Å². The Balaban J connectivity index is 2.09. The standard InChI is InChI=1S/C14H18O2/c15-13-8-4-5-10-14(13,16)11-9-12-6-2-1-3-7-12/h6,16H,1-5,7-8,10H2. The molecule has 0 aliphatic heterocycles. The van der Waals surface area contributed by atoms with E-state index in [9.17, 15) is 9.90 Å². The summed E-state index contributed by atoms with van der Waals surface area (Å²) in [5.74, 6) is 5.71. The normalized spacial score (nSPS) is 30.3. The van der Waals surface area contributed by atoms with E-state index in [0.29, 0.717) is 12.8 Å². The molecule has 1 unspecified atom stereocenters. The van der Waals surface area contributed by atoms with Crippen molar-refractivity contribution in [2.24, 2.45) is 0 Å². The zero-order valence-electron chi connectivity index (χ0n) is 9.59. The van der Waals surface area contributed by atoms with Gasteiger partial charge in [0.1, 0.15) is 0 Å².